The Morgan fingerprint density at radius 1 is 1.21 bits per heavy atom. The maximum atomic E-state index is 5.98. The van der Waals surface area contributed by atoms with Crippen molar-refractivity contribution in [3.05, 3.63) is 30.3 Å². The van der Waals surface area contributed by atoms with Gasteiger partial charge in [0.05, 0.1) is 12.7 Å². The van der Waals surface area contributed by atoms with Crippen molar-refractivity contribution in [1.29, 1.82) is 0 Å². The van der Waals surface area contributed by atoms with Gasteiger partial charge >= 0.3 is 0 Å². The minimum atomic E-state index is 0.305. The molecule has 19 heavy (non-hydrogen) atoms. The van der Waals surface area contributed by atoms with Crippen molar-refractivity contribution in [2.24, 2.45) is 5.41 Å². The molecule has 0 aromatic heterocycles. The quantitative estimate of drug-likeness (QED) is 0.801. The van der Waals surface area contributed by atoms with Crippen LogP contribution >= 0.6 is 0 Å². The minimum absolute atomic E-state index is 0.305. The van der Waals surface area contributed by atoms with Gasteiger partial charge in [0.2, 0.25) is 0 Å². The van der Waals surface area contributed by atoms with E-state index in [1.54, 1.807) is 0 Å². The Labute approximate surface area is 116 Å². The number of hydrogen-bond donors (Lipinski definition) is 1. The normalized spacial score (nSPS) is 25.4. The van der Waals surface area contributed by atoms with Crippen molar-refractivity contribution in [3.63, 3.8) is 0 Å². The highest BCUT2D eigenvalue weighted by Gasteiger charge is 2.41. The molecule has 106 valence electrons. The Morgan fingerprint density at radius 3 is 2.63 bits per heavy atom. The van der Waals surface area contributed by atoms with Crippen LogP contribution in [0.2, 0.25) is 0 Å². The van der Waals surface area contributed by atoms with Crippen molar-refractivity contribution < 1.29 is 9.47 Å². The monoisotopic (exact) mass is 263 g/mol. The van der Waals surface area contributed by atoms with E-state index >= 15 is 0 Å². The average molecular weight is 263 g/mol. The van der Waals surface area contributed by atoms with Gasteiger partial charge in [0.1, 0.15) is 12.4 Å². The lowest BCUT2D eigenvalue weighted by molar-refractivity contribution is 0.0137. The van der Waals surface area contributed by atoms with Crippen LogP contribution in [0.4, 0.5) is 0 Å². The molecule has 1 aliphatic rings. The molecule has 1 aromatic rings. The number of hydrogen-bond acceptors (Lipinski definition) is 3. The van der Waals surface area contributed by atoms with Crippen molar-refractivity contribution in [1.82, 2.24) is 5.32 Å². The summed E-state index contributed by atoms with van der Waals surface area (Å²) in [6.45, 7) is 5.86. The zero-order valence-electron chi connectivity index (χ0n) is 12.2. The highest BCUT2D eigenvalue weighted by atomic mass is 16.5. The summed E-state index contributed by atoms with van der Waals surface area (Å²) in [5.74, 6) is 0.906. The topological polar surface area (TPSA) is 30.5 Å². The maximum Gasteiger partial charge on any atom is 0.119 e. The first-order chi connectivity index (χ1) is 9.13. The summed E-state index contributed by atoms with van der Waals surface area (Å²) < 4.78 is 11.6. The first-order valence-corrected chi connectivity index (χ1v) is 7.10. The Balaban J connectivity index is 1.71. The third-order valence-electron chi connectivity index (χ3n) is 4.03. The Bertz CT molecular complexity index is 378. The molecule has 1 aromatic carbocycles. The van der Waals surface area contributed by atoms with E-state index in [4.69, 9.17) is 9.47 Å². The summed E-state index contributed by atoms with van der Waals surface area (Å²) in [5.41, 5.74) is 0.319. The number of nitrogens with one attached hydrogen (secondary N) is 1. The van der Waals surface area contributed by atoms with Gasteiger partial charge in [0, 0.05) is 6.04 Å². The van der Waals surface area contributed by atoms with Crippen molar-refractivity contribution in [2.75, 3.05) is 20.3 Å². The van der Waals surface area contributed by atoms with Crippen LogP contribution in [-0.4, -0.2) is 32.4 Å². The van der Waals surface area contributed by atoms with Crippen LogP contribution in [0.15, 0.2) is 30.3 Å². The number of likely N-dealkylation sites (N-methyl/N-ethyl adjacent to an activating group) is 1. The summed E-state index contributed by atoms with van der Waals surface area (Å²) in [6.07, 6.45) is 2.64. The molecule has 1 fully saturated rings. The molecule has 3 nitrogen and oxygen atoms in total. The molecule has 2 rings (SSSR count). The van der Waals surface area contributed by atoms with Gasteiger partial charge in [-0.05, 0) is 37.4 Å². The van der Waals surface area contributed by atoms with E-state index < -0.39 is 0 Å². The molecule has 3 heteroatoms. The van der Waals surface area contributed by atoms with Crippen LogP contribution in [0.3, 0.4) is 0 Å². The van der Waals surface area contributed by atoms with Gasteiger partial charge in [0.25, 0.3) is 0 Å². The van der Waals surface area contributed by atoms with E-state index in [1.165, 1.54) is 6.42 Å². The van der Waals surface area contributed by atoms with E-state index in [1.807, 2.05) is 37.4 Å². The first kappa shape index (κ1) is 14.4. The van der Waals surface area contributed by atoms with E-state index in [0.717, 1.165) is 12.2 Å². The fraction of sp³-hybridized carbons (Fsp3) is 0.625. The summed E-state index contributed by atoms with van der Waals surface area (Å²) in [4.78, 5) is 0. The fourth-order valence-corrected chi connectivity index (χ4v) is 2.97. The van der Waals surface area contributed by atoms with Gasteiger partial charge in [-0.3, -0.25) is 0 Å². The zero-order chi connectivity index (χ0) is 13.7. The predicted molar refractivity (Wildman–Crippen MR) is 77.5 cm³/mol. The van der Waals surface area contributed by atoms with Gasteiger partial charge in [0.15, 0.2) is 0 Å². The number of para-hydroxylation sites is 1. The molecule has 0 heterocycles. The molecule has 1 N–H and O–H groups in total. The molecule has 2 unspecified atom stereocenters. The molecule has 0 saturated heterocycles. The first-order valence-electron chi connectivity index (χ1n) is 7.10. The highest BCUT2D eigenvalue weighted by Crippen LogP contribution is 2.38. The maximum absolute atomic E-state index is 5.98. The number of ether oxygens (including phenoxy) is 2. The standard InChI is InChI=1S/C16H25NO2/c1-16(2)10-9-14(15(16)17-3)19-12-11-18-13-7-5-4-6-8-13/h4-8,14-15,17H,9-12H2,1-3H3. The van der Waals surface area contributed by atoms with E-state index in [2.05, 4.69) is 19.2 Å². The number of benzene rings is 1. The molecule has 1 saturated carbocycles. The van der Waals surface area contributed by atoms with Crippen molar-refractivity contribution in [3.8, 4) is 5.75 Å². The fourth-order valence-electron chi connectivity index (χ4n) is 2.97. The van der Waals surface area contributed by atoms with E-state index in [9.17, 15) is 0 Å². The van der Waals surface area contributed by atoms with Crippen LogP contribution in [0.1, 0.15) is 26.7 Å². The van der Waals surface area contributed by atoms with Crippen molar-refractivity contribution >= 4 is 0 Å². The van der Waals surface area contributed by atoms with Gasteiger partial charge in [-0.2, -0.15) is 0 Å². The SMILES string of the molecule is CNC1C(OCCOc2ccccc2)CCC1(C)C. The average Bonchev–Trinajstić information content (AvgIpc) is 2.70. The third kappa shape index (κ3) is 3.71. The summed E-state index contributed by atoms with van der Waals surface area (Å²) in [5, 5.41) is 3.40. The van der Waals surface area contributed by atoms with Gasteiger partial charge < -0.3 is 14.8 Å². The van der Waals surface area contributed by atoms with Crippen LogP contribution in [0.25, 0.3) is 0 Å². The smallest absolute Gasteiger partial charge is 0.119 e. The van der Waals surface area contributed by atoms with Gasteiger partial charge in [-0.1, -0.05) is 32.0 Å². The molecule has 2 atom stereocenters. The van der Waals surface area contributed by atoms with Crippen LogP contribution in [0.5, 0.6) is 5.75 Å². The van der Waals surface area contributed by atoms with Gasteiger partial charge in [-0.15, -0.1) is 0 Å². The van der Waals surface area contributed by atoms with Crippen molar-refractivity contribution in [2.45, 2.75) is 38.8 Å². The van der Waals surface area contributed by atoms with Crippen LogP contribution in [-0.2, 0) is 4.74 Å². The van der Waals surface area contributed by atoms with E-state index in [-0.39, 0.29) is 0 Å². The number of rotatable bonds is 6. The zero-order valence-corrected chi connectivity index (χ0v) is 12.2. The second kappa shape index (κ2) is 6.40. The molecular formula is C16H25NO2. The van der Waals surface area contributed by atoms with E-state index in [0.29, 0.717) is 30.8 Å². The lowest BCUT2D eigenvalue weighted by atomic mass is 9.87. The summed E-state index contributed by atoms with van der Waals surface area (Å²) in [7, 11) is 2.02. The molecule has 0 spiro atoms. The molecular weight excluding hydrogens is 238 g/mol. The lowest BCUT2D eigenvalue weighted by Crippen LogP contribution is -2.43. The molecule has 0 amide bonds. The largest absolute Gasteiger partial charge is 0.491 e. The predicted octanol–water partition coefficient (Wildman–Crippen LogP) is 2.86. The Kier molecular flexibility index (Phi) is 4.83. The Hall–Kier alpha value is -1.06. The molecule has 0 radical (unpaired) electrons. The second-order valence-corrected chi connectivity index (χ2v) is 5.86. The minimum Gasteiger partial charge on any atom is -0.491 e. The second-order valence-electron chi connectivity index (χ2n) is 5.86. The summed E-state index contributed by atoms with van der Waals surface area (Å²) >= 11 is 0. The lowest BCUT2D eigenvalue weighted by Gasteiger charge is -2.30. The van der Waals surface area contributed by atoms with Gasteiger partial charge in [-0.25, -0.2) is 0 Å². The molecule has 0 bridgehead atoms. The van der Waals surface area contributed by atoms with Crippen LogP contribution in [0, 0.1) is 5.41 Å². The highest BCUT2D eigenvalue weighted by molar-refractivity contribution is 5.20. The van der Waals surface area contributed by atoms with Crippen LogP contribution < -0.4 is 10.1 Å². The summed E-state index contributed by atoms with van der Waals surface area (Å²) in [6, 6.07) is 10.3. The molecule has 1 aliphatic carbocycles. The molecule has 0 aliphatic heterocycles. The Morgan fingerprint density at radius 2 is 1.95 bits per heavy atom. The third-order valence-corrected chi connectivity index (χ3v) is 4.03.